The average molecular weight is 300 g/mol. The third-order valence-corrected chi connectivity index (χ3v) is 5.87. The van der Waals surface area contributed by atoms with Gasteiger partial charge in [-0.3, -0.25) is 4.79 Å². The van der Waals surface area contributed by atoms with Gasteiger partial charge in [-0.15, -0.1) is 0 Å². The van der Waals surface area contributed by atoms with Gasteiger partial charge in [0.15, 0.2) is 0 Å². The van der Waals surface area contributed by atoms with Gasteiger partial charge in [-0.1, -0.05) is 38.8 Å². The molecule has 0 bridgehead atoms. The van der Waals surface area contributed by atoms with E-state index in [2.05, 4.69) is 38.8 Å². The van der Waals surface area contributed by atoms with Crippen LogP contribution in [0.5, 0.6) is 0 Å². The van der Waals surface area contributed by atoms with Crippen LogP contribution in [0, 0.1) is 11.8 Å². The fraction of sp³-hybridized carbons (Fsp3) is 0.875. The minimum Gasteiger partial charge on any atom is -0.481 e. The highest BCUT2D eigenvalue weighted by Gasteiger charge is 2.38. The molecule has 12 heavy (non-hydrogen) atoms. The summed E-state index contributed by atoms with van der Waals surface area (Å²) < 4.78 is 0. The first-order valence-electron chi connectivity index (χ1n) is 4.05. The molecule has 0 spiro atoms. The molecule has 4 heteroatoms. The van der Waals surface area contributed by atoms with Crippen molar-refractivity contribution in [3.05, 3.63) is 0 Å². The van der Waals surface area contributed by atoms with E-state index >= 15 is 0 Å². The third kappa shape index (κ3) is 2.02. The molecule has 1 fully saturated rings. The van der Waals surface area contributed by atoms with Crippen molar-refractivity contribution >= 4 is 37.8 Å². The fourth-order valence-corrected chi connectivity index (χ4v) is 3.20. The van der Waals surface area contributed by atoms with Crippen LogP contribution in [-0.2, 0) is 4.79 Å². The van der Waals surface area contributed by atoms with Crippen molar-refractivity contribution < 1.29 is 9.90 Å². The maximum Gasteiger partial charge on any atom is 0.307 e. The first-order chi connectivity index (χ1) is 5.54. The molecule has 1 N–H and O–H groups in total. The molecule has 0 aromatic heterocycles. The van der Waals surface area contributed by atoms with Crippen molar-refractivity contribution in [3.63, 3.8) is 0 Å². The number of carboxylic acid groups (broad SMARTS) is 1. The van der Waals surface area contributed by atoms with E-state index in [4.69, 9.17) is 5.11 Å². The minimum absolute atomic E-state index is 0.0683. The number of carboxylic acids is 1. The summed E-state index contributed by atoms with van der Waals surface area (Å²) in [6, 6.07) is 0. The van der Waals surface area contributed by atoms with Gasteiger partial charge in [0.05, 0.1) is 5.92 Å². The molecule has 4 atom stereocenters. The molecule has 0 aromatic rings. The zero-order chi connectivity index (χ0) is 9.30. The van der Waals surface area contributed by atoms with E-state index in [1.165, 1.54) is 0 Å². The van der Waals surface area contributed by atoms with Crippen molar-refractivity contribution in [3.8, 4) is 0 Å². The summed E-state index contributed by atoms with van der Waals surface area (Å²) in [5.74, 6) is -0.358. The van der Waals surface area contributed by atoms with Crippen molar-refractivity contribution in [1.29, 1.82) is 0 Å². The second-order valence-electron chi connectivity index (χ2n) is 3.39. The van der Waals surface area contributed by atoms with E-state index in [0.717, 1.165) is 12.8 Å². The summed E-state index contributed by atoms with van der Waals surface area (Å²) in [7, 11) is 0. The molecule has 0 heterocycles. The molecule has 1 aliphatic carbocycles. The lowest BCUT2D eigenvalue weighted by molar-refractivity contribution is -0.142. The monoisotopic (exact) mass is 298 g/mol. The smallest absolute Gasteiger partial charge is 0.307 e. The van der Waals surface area contributed by atoms with Crippen LogP contribution in [0.2, 0.25) is 0 Å². The number of hydrogen-bond acceptors (Lipinski definition) is 1. The van der Waals surface area contributed by atoms with E-state index in [-0.39, 0.29) is 15.6 Å². The van der Waals surface area contributed by atoms with Crippen LogP contribution >= 0.6 is 31.9 Å². The molecule has 2 nitrogen and oxygen atoms in total. The largest absolute Gasteiger partial charge is 0.481 e. The Morgan fingerprint density at radius 1 is 1.33 bits per heavy atom. The number of hydrogen-bond donors (Lipinski definition) is 1. The summed E-state index contributed by atoms with van der Waals surface area (Å²) in [6.45, 7) is 2.14. The van der Waals surface area contributed by atoms with Crippen molar-refractivity contribution in [1.82, 2.24) is 0 Å². The van der Waals surface area contributed by atoms with Crippen LogP contribution < -0.4 is 0 Å². The molecular formula is C8H12Br2O2. The predicted molar refractivity (Wildman–Crippen MR) is 55.0 cm³/mol. The van der Waals surface area contributed by atoms with Gasteiger partial charge >= 0.3 is 5.97 Å². The Hall–Kier alpha value is 0.430. The molecular weight excluding hydrogens is 288 g/mol. The lowest BCUT2D eigenvalue weighted by atomic mass is 9.83. The van der Waals surface area contributed by atoms with Crippen molar-refractivity contribution in [2.45, 2.75) is 29.4 Å². The maximum atomic E-state index is 10.8. The molecule has 70 valence electrons. The quantitative estimate of drug-likeness (QED) is 0.756. The lowest BCUT2D eigenvalue weighted by Crippen LogP contribution is -2.38. The van der Waals surface area contributed by atoms with Gasteiger partial charge in [0.25, 0.3) is 0 Å². The molecule has 4 unspecified atom stereocenters. The lowest BCUT2D eigenvalue weighted by Gasteiger charge is -2.33. The summed E-state index contributed by atoms with van der Waals surface area (Å²) in [5.41, 5.74) is 0. The zero-order valence-corrected chi connectivity index (χ0v) is 10.0. The zero-order valence-electron chi connectivity index (χ0n) is 6.84. The average Bonchev–Trinajstić information content (AvgIpc) is 2.00. The van der Waals surface area contributed by atoms with Crippen LogP contribution in [-0.4, -0.2) is 20.7 Å². The van der Waals surface area contributed by atoms with Crippen LogP contribution in [0.1, 0.15) is 19.8 Å². The standard InChI is InChI=1S/C8H12Br2O2/c1-4-2-3-5(8(11)12)7(10)6(4)9/h4-7H,2-3H2,1H3,(H,11,12). The molecule has 0 amide bonds. The van der Waals surface area contributed by atoms with Gasteiger partial charge in [0.1, 0.15) is 0 Å². The predicted octanol–water partition coefficient (Wildman–Crippen LogP) is 2.64. The van der Waals surface area contributed by atoms with Gasteiger partial charge < -0.3 is 5.11 Å². The molecule has 0 aliphatic heterocycles. The number of aliphatic carboxylic acids is 1. The maximum absolute atomic E-state index is 10.8. The van der Waals surface area contributed by atoms with Crippen LogP contribution in [0.25, 0.3) is 0 Å². The summed E-state index contributed by atoms with van der Waals surface area (Å²) in [6.07, 6.45) is 1.78. The molecule has 1 rings (SSSR count). The molecule has 0 aromatic carbocycles. The van der Waals surface area contributed by atoms with Gasteiger partial charge in [-0.2, -0.15) is 0 Å². The Morgan fingerprint density at radius 3 is 2.42 bits per heavy atom. The van der Waals surface area contributed by atoms with Crippen molar-refractivity contribution in [2.24, 2.45) is 11.8 Å². The van der Waals surface area contributed by atoms with Gasteiger partial charge in [0, 0.05) is 9.65 Å². The minimum atomic E-state index is -0.687. The van der Waals surface area contributed by atoms with Crippen molar-refractivity contribution in [2.75, 3.05) is 0 Å². The Balaban J connectivity index is 2.65. The molecule has 0 radical (unpaired) electrons. The van der Waals surface area contributed by atoms with E-state index < -0.39 is 5.97 Å². The first-order valence-corrected chi connectivity index (χ1v) is 5.88. The number of carbonyl (C=O) groups is 1. The Morgan fingerprint density at radius 2 is 1.92 bits per heavy atom. The van der Waals surface area contributed by atoms with Crippen LogP contribution in [0.3, 0.4) is 0 Å². The van der Waals surface area contributed by atoms with Gasteiger partial charge in [-0.25, -0.2) is 0 Å². The number of alkyl halides is 2. The highest BCUT2D eigenvalue weighted by molar-refractivity contribution is 9.12. The number of rotatable bonds is 1. The fourth-order valence-electron chi connectivity index (χ4n) is 1.56. The summed E-state index contributed by atoms with van der Waals surface area (Å²) >= 11 is 6.95. The highest BCUT2D eigenvalue weighted by atomic mass is 79.9. The highest BCUT2D eigenvalue weighted by Crippen LogP contribution is 2.38. The van der Waals surface area contributed by atoms with E-state index in [1.807, 2.05) is 0 Å². The number of halogens is 2. The summed E-state index contributed by atoms with van der Waals surface area (Å²) in [4.78, 5) is 11.1. The molecule has 0 saturated heterocycles. The van der Waals surface area contributed by atoms with E-state index in [1.54, 1.807) is 0 Å². The summed E-state index contributed by atoms with van der Waals surface area (Å²) in [5, 5.41) is 8.86. The third-order valence-electron chi connectivity index (χ3n) is 2.48. The normalized spacial score (nSPS) is 42.6. The van der Waals surface area contributed by atoms with E-state index in [9.17, 15) is 4.79 Å². The van der Waals surface area contributed by atoms with Gasteiger partial charge in [-0.05, 0) is 18.8 Å². The SMILES string of the molecule is CC1CCC(C(=O)O)C(Br)C1Br. The topological polar surface area (TPSA) is 37.3 Å². The molecule has 1 aliphatic rings. The van der Waals surface area contributed by atoms with E-state index in [0.29, 0.717) is 5.92 Å². The Kier molecular flexibility index (Phi) is 3.58. The first kappa shape index (κ1) is 10.5. The Labute approximate surface area is 89.0 Å². The second-order valence-corrected chi connectivity index (χ2v) is 5.50. The molecule has 1 saturated carbocycles. The second kappa shape index (κ2) is 4.09. The van der Waals surface area contributed by atoms with Crippen LogP contribution in [0.15, 0.2) is 0 Å². The van der Waals surface area contributed by atoms with Gasteiger partial charge in [0.2, 0.25) is 0 Å². The van der Waals surface area contributed by atoms with Crippen LogP contribution in [0.4, 0.5) is 0 Å². The Bertz CT molecular complexity index is 184.